The Balaban J connectivity index is 0.00000242. The van der Waals surface area contributed by atoms with Crippen molar-refractivity contribution in [3.8, 4) is 5.75 Å². The third kappa shape index (κ3) is 5.12. The van der Waals surface area contributed by atoms with Gasteiger partial charge in [0.2, 0.25) is 10.0 Å². The number of hydrogen-bond donors (Lipinski definition) is 2. The van der Waals surface area contributed by atoms with Gasteiger partial charge < -0.3 is 10.1 Å². The molecule has 1 heterocycles. The third-order valence-corrected chi connectivity index (χ3v) is 4.97. The summed E-state index contributed by atoms with van der Waals surface area (Å²) in [6.07, 6.45) is 1.09. The molecule has 126 valence electrons. The molecule has 1 unspecified atom stereocenters. The smallest absolute Gasteiger partial charge is 0.240 e. The molecule has 0 bridgehead atoms. The molecule has 0 spiro atoms. The van der Waals surface area contributed by atoms with Crippen LogP contribution in [0.15, 0.2) is 23.1 Å². The van der Waals surface area contributed by atoms with Crippen molar-refractivity contribution in [1.29, 1.82) is 0 Å². The predicted octanol–water partition coefficient (Wildman–Crippen LogP) is 2.09. The summed E-state index contributed by atoms with van der Waals surface area (Å²) in [4.78, 5) is 0.294. The molecule has 1 fully saturated rings. The molecule has 0 amide bonds. The van der Waals surface area contributed by atoms with Gasteiger partial charge in [-0.05, 0) is 70.0 Å². The number of sulfonamides is 1. The van der Waals surface area contributed by atoms with E-state index < -0.39 is 10.0 Å². The summed E-state index contributed by atoms with van der Waals surface area (Å²) in [6, 6.07) is 4.98. The van der Waals surface area contributed by atoms with E-state index in [1.165, 1.54) is 0 Å². The average Bonchev–Trinajstić information content (AvgIpc) is 2.91. The van der Waals surface area contributed by atoms with Gasteiger partial charge in [0.25, 0.3) is 0 Å². The van der Waals surface area contributed by atoms with Gasteiger partial charge in [0.15, 0.2) is 0 Å². The van der Waals surface area contributed by atoms with Crippen molar-refractivity contribution < 1.29 is 13.2 Å². The monoisotopic (exact) mass is 348 g/mol. The Labute approximate surface area is 139 Å². The van der Waals surface area contributed by atoms with E-state index in [1.54, 1.807) is 18.2 Å². The molecule has 5 nitrogen and oxygen atoms in total. The largest absolute Gasteiger partial charge is 0.491 e. The van der Waals surface area contributed by atoms with Crippen LogP contribution < -0.4 is 14.8 Å². The topological polar surface area (TPSA) is 67.4 Å². The molecule has 7 heteroatoms. The van der Waals surface area contributed by atoms with E-state index in [0.29, 0.717) is 17.4 Å². The first-order chi connectivity index (χ1) is 9.88. The molecule has 22 heavy (non-hydrogen) atoms. The second kappa shape index (κ2) is 8.15. The molecule has 1 aromatic rings. The normalized spacial score (nSPS) is 18.3. The van der Waals surface area contributed by atoms with Gasteiger partial charge in [0.1, 0.15) is 5.75 Å². The molecule has 1 aliphatic rings. The molecule has 0 saturated carbocycles. The quantitative estimate of drug-likeness (QED) is 0.826. The van der Waals surface area contributed by atoms with E-state index in [9.17, 15) is 8.42 Å². The number of halogens is 1. The number of rotatable bonds is 6. The van der Waals surface area contributed by atoms with Crippen LogP contribution in [0.3, 0.4) is 0 Å². The molecular formula is C15H25ClN2O3S. The summed E-state index contributed by atoms with van der Waals surface area (Å²) in [5.41, 5.74) is 0.828. The van der Waals surface area contributed by atoms with Gasteiger partial charge in [-0.1, -0.05) is 0 Å². The molecule has 1 aromatic carbocycles. The van der Waals surface area contributed by atoms with Crippen molar-refractivity contribution in [2.45, 2.75) is 38.2 Å². The van der Waals surface area contributed by atoms with E-state index >= 15 is 0 Å². The van der Waals surface area contributed by atoms with Crippen LogP contribution in [-0.4, -0.2) is 34.2 Å². The van der Waals surface area contributed by atoms with Crippen LogP contribution in [0.5, 0.6) is 5.75 Å². The first kappa shape index (κ1) is 19.2. The molecule has 1 aliphatic heterocycles. The Bertz CT molecular complexity index is 584. The van der Waals surface area contributed by atoms with Crippen molar-refractivity contribution in [2.75, 3.05) is 19.6 Å². The first-order valence-corrected chi connectivity index (χ1v) is 8.84. The number of aryl methyl sites for hydroxylation is 1. The van der Waals surface area contributed by atoms with Gasteiger partial charge in [-0.25, -0.2) is 13.1 Å². The highest BCUT2D eigenvalue weighted by atomic mass is 35.5. The lowest BCUT2D eigenvalue weighted by Crippen LogP contribution is -2.30. The summed E-state index contributed by atoms with van der Waals surface area (Å²) >= 11 is 0. The maximum Gasteiger partial charge on any atom is 0.240 e. The molecule has 0 aliphatic carbocycles. The van der Waals surface area contributed by atoms with Crippen LogP contribution in [0.25, 0.3) is 0 Å². The zero-order valence-corrected chi connectivity index (χ0v) is 14.9. The van der Waals surface area contributed by atoms with Gasteiger partial charge in [0.05, 0.1) is 11.0 Å². The Morgan fingerprint density at radius 2 is 2.14 bits per heavy atom. The number of nitrogens with one attached hydrogen (secondary N) is 2. The molecular weight excluding hydrogens is 324 g/mol. The van der Waals surface area contributed by atoms with Gasteiger partial charge in [-0.2, -0.15) is 0 Å². The predicted molar refractivity (Wildman–Crippen MR) is 90.4 cm³/mol. The SMILES string of the molecule is Cc1cc(S(=O)(=O)NCC2CCNC2)ccc1OC(C)C.Cl. The van der Waals surface area contributed by atoms with Crippen molar-refractivity contribution in [1.82, 2.24) is 10.0 Å². The molecule has 2 rings (SSSR count). The number of hydrogen-bond acceptors (Lipinski definition) is 4. The van der Waals surface area contributed by atoms with Gasteiger partial charge in [-0.3, -0.25) is 0 Å². The van der Waals surface area contributed by atoms with E-state index in [-0.39, 0.29) is 18.5 Å². The maximum absolute atomic E-state index is 12.3. The zero-order valence-electron chi connectivity index (χ0n) is 13.3. The van der Waals surface area contributed by atoms with Gasteiger partial charge in [-0.15, -0.1) is 12.4 Å². The minimum Gasteiger partial charge on any atom is -0.491 e. The fraction of sp³-hybridized carbons (Fsp3) is 0.600. The van der Waals surface area contributed by atoms with Crippen LogP contribution in [-0.2, 0) is 10.0 Å². The Kier molecular flexibility index (Phi) is 7.12. The molecule has 0 radical (unpaired) electrons. The second-order valence-electron chi connectivity index (χ2n) is 5.80. The maximum atomic E-state index is 12.3. The van der Waals surface area contributed by atoms with Crippen molar-refractivity contribution in [2.24, 2.45) is 5.92 Å². The lowest BCUT2D eigenvalue weighted by molar-refractivity contribution is 0.240. The fourth-order valence-corrected chi connectivity index (χ4v) is 3.58. The summed E-state index contributed by atoms with van der Waals surface area (Å²) in [5.74, 6) is 1.10. The highest BCUT2D eigenvalue weighted by Crippen LogP contribution is 2.23. The van der Waals surface area contributed by atoms with Gasteiger partial charge in [0, 0.05) is 6.54 Å². The van der Waals surface area contributed by atoms with Gasteiger partial charge >= 0.3 is 0 Å². The average molecular weight is 349 g/mol. The highest BCUT2D eigenvalue weighted by molar-refractivity contribution is 7.89. The van der Waals surface area contributed by atoms with Crippen LogP contribution in [0, 0.1) is 12.8 Å². The van der Waals surface area contributed by atoms with Crippen LogP contribution in [0.2, 0.25) is 0 Å². The second-order valence-corrected chi connectivity index (χ2v) is 7.57. The van der Waals surface area contributed by atoms with Crippen LogP contribution >= 0.6 is 12.4 Å². The summed E-state index contributed by atoms with van der Waals surface area (Å²) in [6.45, 7) is 8.08. The highest BCUT2D eigenvalue weighted by Gasteiger charge is 2.20. The van der Waals surface area contributed by atoms with E-state index in [2.05, 4.69) is 10.0 Å². The minimum atomic E-state index is -3.45. The molecule has 1 atom stereocenters. The molecule has 0 aromatic heterocycles. The van der Waals surface area contributed by atoms with Crippen LogP contribution in [0.4, 0.5) is 0 Å². The fourth-order valence-electron chi connectivity index (χ4n) is 2.37. The Morgan fingerprint density at radius 1 is 1.41 bits per heavy atom. The van der Waals surface area contributed by atoms with E-state index in [4.69, 9.17) is 4.74 Å². The molecule has 1 saturated heterocycles. The Hall–Kier alpha value is -0.820. The first-order valence-electron chi connectivity index (χ1n) is 7.36. The summed E-state index contributed by atoms with van der Waals surface area (Å²) in [7, 11) is -3.45. The Morgan fingerprint density at radius 3 is 2.68 bits per heavy atom. The summed E-state index contributed by atoms with van der Waals surface area (Å²) in [5, 5.41) is 3.23. The third-order valence-electron chi connectivity index (χ3n) is 3.54. The zero-order chi connectivity index (χ0) is 15.5. The van der Waals surface area contributed by atoms with Crippen molar-refractivity contribution in [3.63, 3.8) is 0 Å². The van der Waals surface area contributed by atoms with E-state index in [1.807, 2.05) is 20.8 Å². The van der Waals surface area contributed by atoms with Crippen molar-refractivity contribution >= 4 is 22.4 Å². The lowest BCUT2D eigenvalue weighted by Gasteiger charge is -2.14. The van der Waals surface area contributed by atoms with Crippen LogP contribution in [0.1, 0.15) is 25.8 Å². The molecule has 2 N–H and O–H groups in total. The standard InChI is InChI=1S/C15H24N2O3S.ClH/c1-11(2)20-15-5-4-14(8-12(15)3)21(18,19)17-10-13-6-7-16-9-13;/h4-5,8,11,13,16-17H,6-7,9-10H2,1-3H3;1H. The number of ether oxygens (including phenoxy) is 1. The minimum absolute atomic E-state index is 0. The lowest BCUT2D eigenvalue weighted by atomic mass is 10.1. The van der Waals surface area contributed by atoms with E-state index in [0.717, 1.165) is 30.8 Å². The number of benzene rings is 1. The summed E-state index contributed by atoms with van der Waals surface area (Å²) < 4.78 is 32.9. The van der Waals surface area contributed by atoms with Crippen molar-refractivity contribution in [3.05, 3.63) is 23.8 Å².